The van der Waals surface area contributed by atoms with Crippen LogP contribution in [0.3, 0.4) is 0 Å². The van der Waals surface area contributed by atoms with E-state index in [2.05, 4.69) is 36.1 Å². The van der Waals surface area contributed by atoms with E-state index in [-0.39, 0.29) is 0 Å². The summed E-state index contributed by atoms with van der Waals surface area (Å²) < 4.78 is 8.03. The van der Waals surface area contributed by atoms with Crippen molar-refractivity contribution >= 4 is 32.4 Å². The molecule has 2 aromatic heterocycles. The Morgan fingerprint density at radius 1 is 1.50 bits per heavy atom. The lowest BCUT2D eigenvalue weighted by Crippen LogP contribution is -2.48. The second kappa shape index (κ2) is 4.94. The molecule has 96 valence electrons. The SMILES string of the molecule is COCc1nnc(N2CC(n3cc(Br)cn3)C2)s1. The third-order valence-electron chi connectivity index (χ3n) is 2.80. The van der Waals surface area contributed by atoms with E-state index in [1.54, 1.807) is 18.4 Å². The Labute approximate surface area is 117 Å². The summed E-state index contributed by atoms with van der Waals surface area (Å²) in [6.07, 6.45) is 3.81. The molecule has 0 atom stereocenters. The van der Waals surface area contributed by atoms with Gasteiger partial charge in [0.05, 0.1) is 16.7 Å². The molecule has 1 saturated heterocycles. The van der Waals surface area contributed by atoms with Crippen molar-refractivity contribution in [2.75, 3.05) is 25.1 Å². The van der Waals surface area contributed by atoms with Crippen LogP contribution in [0.25, 0.3) is 0 Å². The molecule has 0 radical (unpaired) electrons. The summed E-state index contributed by atoms with van der Waals surface area (Å²) in [5.41, 5.74) is 0. The molecular weight excluding hydrogens is 318 g/mol. The van der Waals surface area contributed by atoms with Crippen molar-refractivity contribution in [3.8, 4) is 0 Å². The Balaban J connectivity index is 1.61. The zero-order valence-electron chi connectivity index (χ0n) is 9.78. The predicted molar refractivity (Wildman–Crippen MR) is 71.8 cm³/mol. The lowest BCUT2D eigenvalue weighted by Gasteiger charge is -2.38. The van der Waals surface area contributed by atoms with Gasteiger partial charge in [-0.3, -0.25) is 4.68 Å². The van der Waals surface area contributed by atoms with Crippen molar-refractivity contribution in [1.82, 2.24) is 20.0 Å². The van der Waals surface area contributed by atoms with Crippen LogP contribution in [0.5, 0.6) is 0 Å². The molecule has 0 aliphatic carbocycles. The summed E-state index contributed by atoms with van der Waals surface area (Å²) in [7, 11) is 1.66. The molecule has 6 nitrogen and oxygen atoms in total. The van der Waals surface area contributed by atoms with E-state index < -0.39 is 0 Å². The highest BCUT2D eigenvalue weighted by atomic mass is 79.9. The lowest BCUT2D eigenvalue weighted by molar-refractivity contribution is 0.184. The number of anilines is 1. The Kier molecular flexibility index (Phi) is 3.31. The van der Waals surface area contributed by atoms with Crippen molar-refractivity contribution in [1.29, 1.82) is 0 Å². The quantitative estimate of drug-likeness (QED) is 0.854. The zero-order valence-corrected chi connectivity index (χ0v) is 12.2. The highest BCUT2D eigenvalue weighted by molar-refractivity contribution is 9.10. The van der Waals surface area contributed by atoms with E-state index in [4.69, 9.17) is 4.74 Å². The smallest absolute Gasteiger partial charge is 0.208 e. The van der Waals surface area contributed by atoms with E-state index in [9.17, 15) is 0 Å². The largest absolute Gasteiger partial charge is 0.377 e. The Hall–Kier alpha value is -0.990. The van der Waals surface area contributed by atoms with Crippen molar-refractivity contribution in [2.24, 2.45) is 0 Å². The average molecular weight is 330 g/mol. The highest BCUT2D eigenvalue weighted by Crippen LogP contribution is 2.30. The normalized spacial score (nSPS) is 16.0. The Bertz CT molecular complexity index is 536. The first-order chi connectivity index (χ1) is 8.76. The number of hydrogen-bond acceptors (Lipinski definition) is 6. The van der Waals surface area contributed by atoms with Crippen LogP contribution in [0.2, 0.25) is 0 Å². The maximum atomic E-state index is 5.04. The van der Waals surface area contributed by atoms with Crippen LogP contribution in [0.15, 0.2) is 16.9 Å². The molecule has 3 rings (SSSR count). The number of nitrogens with zero attached hydrogens (tertiary/aromatic N) is 5. The molecule has 2 aromatic rings. The van der Waals surface area contributed by atoms with Crippen molar-refractivity contribution in [2.45, 2.75) is 12.6 Å². The third kappa shape index (κ3) is 2.27. The first kappa shape index (κ1) is 12.1. The molecule has 0 spiro atoms. The fourth-order valence-electron chi connectivity index (χ4n) is 1.85. The second-order valence-electron chi connectivity index (χ2n) is 4.11. The van der Waals surface area contributed by atoms with Gasteiger partial charge in [-0.2, -0.15) is 5.10 Å². The fraction of sp³-hybridized carbons (Fsp3) is 0.500. The summed E-state index contributed by atoms with van der Waals surface area (Å²) in [5.74, 6) is 0. The number of halogens is 1. The maximum Gasteiger partial charge on any atom is 0.208 e. The third-order valence-corrected chi connectivity index (χ3v) is 4.17. The lowest BCUT2D eigenvalue weighted by atomic mass is 10.1. The Morgan fingerprint density at radius 2 is 2.33 bits per heavy atom. The van der Waals surface area contributed by atoms with Gasteiger partial charge in [-0.1, -0.05) is 11.3 Å². The van der Waals surface area contributed by atoms with Gasteiger partial charge in [-0.25, -0.2) is 0 Å². The number of methoxy groups -OCH3 is 1. The van der Waals surface area contributed by atoms with Gasteiger partial charge < -0.3 is 9.64 Å². The molecular formula is C10H12BrN5OS. The van der Waals surface area contributed by atoms with Crippen LogP contribution < -0.4 is 4.90 Å². The first-order valence-electron chi connectivity index (χ1n) is 5.52. The van der Waals surface area contributed by atoms with Crippen LogP contribution in [0, 0.1) is 0 Å². The molecule has 18 heavy (non-hydrogen) atoms. The summed E-state index contributed by atoms with van der Waals surface area (Å²) in [6.45, 7) is 2.38. The molecule has 3 heterocycles. The molecule has 0 saturated carbocycles. The number of rotatable bonds is 4. The van der Waals surface area contributed by atoms with Gasteiger partial charge in [0.2, 0.25) is 5.13 Å². The van der Waals surface area contributed by atoms with Gasteiger partial charge in [-0.15, -0.1) is 10.2 Å². The van der Waals surface area contributed by atoms with E-state index >= 15 is 0 Å². The minimum Gasteiger partial charge on any atom is -0.377 e. The molecule has 0 amide bonds. The van der Waals surface area contributed by atoms with E-state index in [1.807, 2.05) is 17.1 Å². The maximum absolute atomic E-state index is 5.04. The minimum atomic E-state index is 0.422. The van der Waals surface area contributed by atoms with Gasteiger partial charge in [0, 0.05) is 26.4 Å². The van der Waals surface area contributed by atoms with Gasteiger partial charge in [0.25, 0.3) is 0 Å². The number of aromatic nitrogens is 4. The van der Waals surface area contributed by atoms with E-state index in [0.29, 0.717) is 12.6 Å². The molecule has 0 bridgehead atoms. The second-order valence-corrected chi connectivity index (χ2v) is 6.06. The highest BCUT2D eigenvalue weighted by Gasteiger charge is 2.31. The Morgan fingerprint density at radius 3 is 3.00 bits per heavy atom. The molecule has 1 aliphatic rings. The molecule has 0 aromatic carbocycles. The van der Waals surface area contributed by atoms with Crippen molar-refractivity contribution in [3.63, 3.8) is 0 Å². The fourth-order valence-corrected chi connectivity index (χ4v) is 2.98. The molecule has 1 aliphatic heterocycles. The molecule has 0 unspecified atom stereocenters. The summed E-state index contributed by atoms with van der Waals surface area (Å²) >= 11 is 4.99. The van der Waals surface area contributed by atoms with Crippen molar-refractivity contribution < 1.29 is 4.74 Å². The molecule has 0 N–H and O–H groups in total. The van der Waals surface area contributed by atoms with Gasteiger partial charge in [0.15, 0.2) is 0 Å². The number of ether oxygens (including phenoxy) is 1. The van der Waals surface area contributed by atoms with Crippen LogP contribution >= 0.6 is 27.3 Å². The zero-order chi connectivity index (χ0) is 12.5. The van der Waals surface area contributed by atoms with Crippen LogP contribution in [-0.4, -0.2) is 40.2 Å². The predicted octanol–water partition coefficient (Wildman–Crippen LogP) is 1.70. The van der Waals surface area contributed by atoms with Crippen LogP contribution in [-0.2, 0) is 11.3 Å². The van der Waals surface area contributed by atoms with E-state index in [0.717, 1.165) is 27.7 Å². The van der Waals surface area contributed by atoms with Gasteiger partial charge >= 0.3 is 0 Å². The van der Waals surface area contributed by atoms with Crippen LogP contribution in [0.1, 0.15) is 11.0 Å². The number of hydrogen-bond donors (Lipinski definition) is 0. The summed E-state index contributed by atoms with van der Waals surface area (Å²) in [6, 6.07) is 0.422. The monoisotopic (exact) mass is 329 g/mol. The molecule has 1 fully saturated rings. The molecule has 8 heteroatoms. The van der Waals surface area contributed by atoms with Gasteiger partial charge in [-0.05, 0) is 15.9 Å². The van der Waals surface area contributed by atoms with Gasteiger partial charge in [0.1, 0.15) is 11.6 Å². The average Bonchev–Trinajstić information content (AvgIpc) is 2.88. The summed E-state index contributed by atoms with van der Waals surface area (Å²) in [5, 5.41) is 14.4. The van der Waals surface area contributed by atoms with Crippen LogP contribution in [0.4, 0.5) is 5.13 Å². The summed E-state index contributed by atoms with van der Waals surface area (Å²) in [4.78, 5) is 2.21. The minimum absolute atomic E-state index is 0.422. The van der Waals surface area contributed by atoms with E-state index in [1.165, 1.54) is 0 Å². The standard InChI is InChI=1S/C10H12BrN5OS/c1-17-6-9-13-14-10(18-9)15-4-8(5-15)16-3-7(11)2-12-16/h2-3,8H,4-6H2,1H3. The first-order valence-corrected chi connectivity index (χ1v) is 7.13. The van der Waals surface area contributed by atoms with Crippen molar-refractivity contribution in [3.05, 3.63) is 21.9 Å². The topological polar surface area (TPSA) is 56.1 Å².